The maximum atomic E-state index is 2.48. The van der Waals surface area contributed by atoms with Crippen LogP contribution >= 0.6 is 0 Å². The molecule has 0 aromatic heterocycles. The third kappa shape index (κ3) is 5.20. The zero-order valence-corrected chi connectivity index (χ0v) is 34.2. The summed E-state index contributed by atoms with van der Waals surface area (Å²) in [6.45, 7) is 8.59. The van der Waals surface area contributed by atoms with E-state index in [1.54, 1.807) is 0 Å². The van der Waals surface area contributed by atoms with Crippen molar-refractivity contribution in [3.05, 3.63) is 204 Å². The van der Waals surface area contributed by atoms with Gasteiger partial charge < -0.3 is 9.80 Å². The van der Waals surface area contributed by atoms with Crippen LogP contribution in [0.15, 0.2) is 182 Å². The van der Waals surface area contributed by atoms with E-state index in [1.807, 2.05) is 0 Å². The van der Waals surface area contributed by atoms with Crippen molar-refractivity contribution < 1.29 is 0 Å². The van der Waals surface area contributed by atoms with Gasteiger partial charge in [0, 0.05) is 34.1 Å². The number of rotatable bonds is 6. The molecular formula is C58H42N2. The Hall–Kier alpha value is -7.42. The van der Waals surface area contributed by atoms with Crippen molar-refractivity contribution in [2.75, 3.05) is 9.80 Å². The fourth-order valence-corrected chi connectivity index (χ4v) is 9.97. The summed E-state index contributed by atoms with van der Waals surface area (Å²) >= 11 is 0. The van der Waals surface area contributed by atoms with Gasteiger partial charge in [0.15, 0.2) is 0 Å². The maximum absolute atomic E-state index is 2.48. The van der Waals surface area contributed by atoms with Gasteiger partial charge in [0.2, 0.25) is 0 Å². The van der Waals surface area contributed by atoms with Gasteiger partial charge in [-0.15, -0.1) is 0 Å². The summed E-state index contributed by atoms with van der Waals surface area (Å²) in [5, 5.41) is 18.3. The molecule has 2 heteroatoms. The normalized spacial score (nSPS) is 12.0. The Balaban J connectivity index is 1.07. The number of hydrogen-bond donors (Lipinski definition) is 0. The number of anilines is 6. The molecule has 0 unspecified atom stereocenters. The first-order valence-corrected chi connectivity index (χ1v) is 21.0. The summed E-state index contributed by atoms with van der Waals surface area (Å²) in [6.07, 6.45) is 0. The van der Waals surface area contributed by atoms with Crippen LogP contribution in [0.1, 0.15) is 22.3 Å². The van der Waals surface area contributed by atoms with E-state index in [9.17, 15) is 0 Å². The largest absolute Gasteiger partial charge is 0.310 e. The molecule has 0 N–H and O–H groups in total. The molecule has 0 amide bonds. The third-order valence-electron chi connectivity index (χ3n) is 13.0. The second-order valence-corrected chi connectivity index (χ2v) is 16.9. The maximum Gasteiger partial charge on any atom is 0.0468 e. The van der Waals surface area contributed by atoms with Crippen molar-refractivity contribution >= 4 is 110 Å². The van der Waals surface area contributed by atoms with Crippen LogP contribution in [0, 0.1) is 27.7 Å². The molecule has 12 aromatic carbocycles. The minimum atomic E-state index is 1.15. The average molecular weight is 767 g/mol. The first-order valence-electron chi connectivity index (χ1n) is 21.0. The highest BCUT2D eigenvalue weighted by molar-refractivity contribution is 6.41. The minimum absolute atomic E-state index is 1.15. The Morgan fingerprint density at radius 2 is 0.483 bits per heavy atom. The molecule has 0 bridgehead atoms. The first kappa shape index (κ1) is 34.6. The molecule has 60 heavy (non-hydrogen) atoms. The van der Waals surface area contributed by atoms with Crippen LogP contribution in [0.4, 0.5) is 34.1 Å². The van der Waals surface area contributed by atoms with Crippen molar-refractivity contribution in [2.45, 2.75) is 27.7 Å². The molecule has 0 aliphatic carbocycles. The molecule has 0 aliphatic rings. The minimum Gasteiger partial charge on any atom is -0.310 e. The van der Waals surface area contributed by atoms with Gasteiger partial charge >= 0.3 is 0 Å². The molecule has 0 fully saturated rings. The van der Waals surface area contributed by atoms with Crippen LogP contribution in [-0.4, -0.2) is 0 Å². The smallest absolute Gasteiger partial charge is 0.0468 e. The standard InChI is InChI=1S/C58H42N2/c1-35-11-19-39(20-12-35)59(40-21-13-36(2)14-22-40)43-27-29-45-51(31-43)47-7-5-9-49-54-34-56-46-30-28-44(60(41-23-15-37(3)16-24-41)42-25-17-38(4)18-26-42)32-52(46)48-8-6-10-50(58(48)56)53(54)33-55(45)57(47)49/h5-34H,1-4H3. The van der Waals surface area contributed by atoms with E-state index in [-0.39, 0.29) is 0 Å². The van der Waals surface area contributed by atoms with Crippen molar-refractivity contribution in [2.24, 2.45) is 0 Å². The Bertz CT molecular complexity index is 3270. The number of benzene rings is 10. The molecule has 0 saturated carbocycles. The van der Waals surface area contributed by atoms with Gasteiger partial charge in [0.25, 0.3) is 0 Å². The van der Waals surface area contributed by atoms with Crippen LogP contribution < -0.4 is 9.80 Å². The van der Waals surface area contributed by atoms with E-state index >= 15 is 0 Å². The zero-order chi connectivity index (χ0) is 40.2. The summed E-state index contributed by atoms with van der Waals surface area (Å²) in [6, 6.07) is 68.4. The molecule has 284 valence electrons. The molecule has 0 atom stereocenters. The average Bonchev–Trinajstić information content (AvgIpc) is 3.77. The summed E-state index contributed by atoms with van der Waals surface area (Å²) in [4.78, 5) is 4.77. The van der Waals surface area contributed by atoms with Crippen LogP contribution in [-0.2, 0) is 0 Å². The van der Waals surface area contributed by atoms with E-state index in [0.717, 1.165) is 34.1 Å². The highest BCUT2D eigenvalue weighted by atomic mass is 15.1. The van der Waals surface area contributed by atoms with Gasteiger partial charge in [0.05, 0.1) is 0 Å². The molecule has 0 heterocycles. The van der Waals surface area contributed by atoms with Gasteiger partial charge in [-0.05, 0) is 188 Å². The Morgan fingerprint density at radius 1 is 0.217 bits per heavy atom. The highest BCUT2D eigenvalue weighted by Crippen LogP contribution is 2.49. The van der Waals surface area contributed by atoms with Crippen molar-refractivity contribution in [3.63, 3.8) is 0 Å². The fraction of sp³-hybridized carbons (Fsp3) is 0.0690. The lowest BCUT2D eigenvalue weighted by Crippen LogP contribution is -2.09. The third-order valence-corrected chi connectivity index (χ3v) is 13.0. The molecule has 0 saturated heterocycles. The van der Waals surface area contributed by atoms with Crippen molar-refractivity contribution in [1.82, 2.24) is 0 Å². The fourth-order valence-electron chi connectivity index (χ4n) is 9.97. The zero-order valence-electron chi connectivity index (χ0n) is 34.2. The first-order chi connectivity index (χ1) is 29.4. The van der Waals surface area contributed by atoms with Crippen LogP contribution in [0.5, 0.6) is 0 Å². The molecule has 2 nitrogen and oxygen atoms in total. The molecular weight excluding hydrogens is 725 g/mol. The second kappa shape index (κ2) is 13.0. The predicted molar refractivity (Wildman–Crippen MR) is 260 cm³/mol. The van der Waals surface area contributed by atoms with E-state index in [1.165, 1.54) is 97.7 Å². The van der Waals surface area contributed by atoms with E-state index in [2.05, 4.69) is 219 Å². The molecule has 0 radical (unpaired) electrons. The lowest BCUT2D eigenvalue weighted by atomic mass is 9.93. The Labute approximate surface area is 349 Å². The second-order valence-electron chi connectivity index (χ2n) is 16.9. The number of hydrogen-bond acceptors (Lipinski definition) is 2. The van der Waals surface area contributed by atoms with E-state index < -0.39 is 0 Å². The Kier molecular flexibility index (Phi) is 7.52. The molecule has 12 aromatic rings. The molecule has 12 rings (SSSR count). The quantitative estimate of drug-likeness (QED) is 0.156. The van der Waals surface area contributed by atoms with Gasteiger partial charge in [0.1, 0.15) is 0 Å². The summed E-state index contributed by atoms with van der Waals surface area (Å²) in [7, 11) is 0. The highest BCUT2D eigenvalue weighted by Gasteiger charge is 2.22. The number of fused-ring (bicyclic) bond motifs is 9. The van der Waals surface area contributed by atoms with Gasteiger partial charge in [-0.1, -0.05) is 119 Å². The summed E-state index contributed by atoms with van der Waals surface area (Å²) < 4.78 is 0. The van der Waals surface area contributed by atoms with Gasteiger partial charge in [-0.2, -0.15) is 0 Å². The SMILES string of the molecule is Cc1ccc(N(c2ccc(C)cc2)c2ccc3c(c2)c2cccc4c5cc6c7ccc(N(c8ccc(C)cc8)c8ccc(C)cc8)cc7c7cccc(c5cc3c24)c76)cc1. The van der Waals surface area contributed by atoms with Gasteiger partial charge in [-0.25, -0.2) is 0 Å². The van der Waals surface area contributed by atoms with Crippen LogP contribution in [0.2, 0.25) is 0 Å². The van der Waals surface area contributed by atoms with E-state index in [0.29, 0.717) is 0 Å². The molecule has 0 aliphatic heterocycles. The lowest BCUT2D eigenvalue weighted by molar-refractivity contribution is 1.27. The van der Waals surface area contributed by atoms with E-state index in [4.69, 9.17) is 0 Å². The number of nitrogens with zero attached hydrogens (tertiary/aromatic N) is 2. The van der Waals surface area contributed by atoms with Crippen LogP contribution in [0.25, 0.3) is 75.4 Å². The Morgan fingerprint density at radius 3 is 0.783 bits per heavy atom. The van der Waals surface area contributed by atoms with Gasteiger partial charge in [-0.3, -0.25) is 0 Å². The van der Waals surface area contributed by atoms with Crippen molar-refractivity contribution in [3.8, 4) is 0 Å². The monoisotopic (exact) mass is 766 g/mol. The topological polar surface area (TPSA) is 6.48 Å². The summed E-state index contributed by atoms with van der Waals surface area (Å²) in [5.74, 6) is 0. The number of aryl methyl sites for hydroxylation is 4. The van der Waals surface area contributed by atoms with Crippen molar-refractivity contribution in [1.29, 1.82) is 0 Å². The predicted octanol–water partition coefficient (Wildman–Crippen LogP) is 16.8. The molecule has 0 spiro atoms. The summed E-state index contributed by atoms with van der Waals surface area (Å²) in [5.41, 5.74) is 11.9. The van der Waals surface area contributed by atoms with Crippen LogP contribution in [0.3, 0.4) is 0 Å². The lowest BCUT2D eigenvalue weighted by Gasteiger charge is -2.26.